The molecule has 37 heavy (non-hydrogen) atoms. The summed E-state index contributed by atoms with van der Waals surface area (Å²) in [4.78, 5) is 30.8. The minimum Gasteiger partial charge on any atom is -0.503 e. The first kappa shape index (κ1) is 24.9. The number of fused-ring (bicyclic) bond motifs is 4. The number of aromatic nitrogens is 1. The van der Waals surface area contributed by atoms with Crippen molar-refractivity contribution < 1.29 is 24.5 Å². The monoisotopic (exact) mass is 531 g/mol. The number of aliphatic hydroxyl groups excluding tert-OH is 1. The predicted molar refractivity (Wildman–Crippen MR) is 135 cm³/mol. The number of hydrogen-bond donors (Lipinski definition) is 3. The largest absolute Gasteiger partial charge is 0.503 e. The molecule has 1 aromatic rings. The van der Waals surface area contributed by atoms with E-state index < -0.39 is 34.6 Å². The molecular formula is C27H31ClFN3O5. The first-order valence-electron chi connectivity index (χ1n) is 13.0. The Morgan fingerprint density at radius 3 is 2.57 bits per heavy atom. The van der Waals surface area contributed by atoms with Crippen molar-refractivity contribution in [2.75, 3.05) is 19.6 Å². The van der Waals surface area contributed by atoms with Crippen LogP contribution >= 0.6 is 11.6 Å². The third kappa shape index (κ3) is 3.66. The van der Waals surface area contributed by atoms with Gasteiger partial charge in [-0.1, -0.05) is 23.8 Å². The van der Waals surface area contributed by atoms with Crippen LogP contribution in [0.5, 0.6) is 5.75 Å². The molecule has 6 rings (SSSR count). The first-order valence-corrected chi connectivity index (χ1v) is 13.3. The number of carbonyl (C=O) groups is 1. The SMILES string of the molecule is CC1=C(CN2CCc3c(c(O)c(=O)n4c3C(=O)N(CC3(O)CC3)C43CCCC3)C2O)C=CCC(F)=C1Cl. The van der Waals surface area contributed by atoms with E-state index in [-0.39, 0.29) is 41.7 Å². The van der Waals surface area contributed by atoms with Crippen molar-refractivity contribution in [2.45, 2.75) is 75.8 Å². The second kappa shape index (κ2) is 8.53. The van der Waals surface area contributed by atoms with Gasteiger partial charge in [0.15, 0.2) is 5.75 Å². The quantitative estimate of drug-likeness (QED) is 0.550. The molecule has 1 aromatic heterocycles. The zero-order chi connectivity index (χ0) is 26.3. The average molecular weight is 532 g/mol. The second-order valence-electron chi connectivity index (χ2n) is 11.1. The van der Waals surface area contributed by atoms with E-state index in [0.29, 0.717) is 49.8 Å². The lowest BCUT2D eigenvalue weighted by molar-refractivity contribution is -0.00271. The fraction of sp³-hybridized carbons (Fsp3) is 0.556. The number of allylic oxidation sites excluding steroid dienone is 4. The van der Waals surface area contributed by atoms with Crippen molar-refractivity contribution in [1.29, 1.82) is 0 Å². The van der Waals surface area contributed by atoms with E-state index in [9.17, 15) is 29.3 Å². The van der Waals surface area contributed by atoms with E-state index in [1.165, 1.54) is 4.57 Å². The number of pyridine rings is 1. The van der Waals surface area contributed by atoms with Crippen LogP contribution in [0.1, 0.15) is 79.7 Å². The van der Waals surface area contributed by atoms with Gasteiger partial charge in [-0.2, -0.15) is 0 Å². The molecule has 5 aliphatic rings. The summed E-state index contributed by atoms with van der Waals surface area (Å²) in [6, 6.07) is 0. The molecule has 0 bridgehead atoms. The van der Waals surface area contributed by atoms with Gasteiger partial charge in [0.1, 0.15) is 23.4 Å². The van der Waals surface area contributed by atoms with Gasteiger partial charge in [0.2, 0.25) is 0 Å². The Morgan fingerprint density at radius 1 is 1.19 bits per heavy atom. The normalized spacial score (nSPS) is 26.2. The Morgan fingerprint density at radius 2 is 1.89 bits per heavy atom. The van der Waals surface area contributed by atoms with Crippen molar-refractivity contribution in [2.24, 2.45) is 0 Å². The number of aliphatic hydroxyl groups is 2. The molecule has 1 spiro atoms. The lowest BCUT2D eigenvalue weighted by Gasteiger charge is -2.38. The third-order valence-corrected chi connectivity index (χ3v) is 9.33. The lowest BCUT2D eigenvalue weighted by Crippen LogP contribution is -2.51. The molecule has 198 valence electrons. The topological polar surface area (TPSA) is 106 Å². The van der Waals surface area contributed by atoms with E-state index in [1.54, 1.807) is 28.9 Å². The number of nitrogens with zero attached hydrogens (tertiary/aromatic N) is 3. The number of β-amino-alcohol motifs (C(OH)–C–C–N with tert-alkyl or cyclic N) is 1. The Hall–Kier alpha value is -2.46. The maximum absolute atomic E-state index is 14.1. The summed E-state index contributed by atoms with van der Waals surface area (Å²) < 4.78 is 15.6. The maximum Gasteiger partial charge on any atom is 0.295 e. The van der Waals surface area contributed by atoms with E-state index in [1.807, 2.05) is 0 Å². The molecule has 1 unspecified atom stereocenters. The van der Waals surface area contributed by atoms with Crippen molar-refractivity contribution >= 4 is 17.5 Å². The molecule has 1 atom stereocenters. The van der Waals surface area contributed by atoms with E-state index >= 15 is 0 Å². The molecule has 2 saturated carbocycles. The molecule has 2 fully saturated rings. The van der Waals surface area contributed by atoms with E-state index in [4.69, 9.17) is 11.6 Å². The van der Waals surface area contributed by atoms with Crippen molar-refractivity contribution in [3.63, 3.8) is 0 Å². The molecule has 0 aromatic carbocycles. The fourth-order valence-electron chi connectivity index (χ4n) is 6.55. The average Bonchev–Trinajstić information content (AvgIpc) is 3.35. The molecule has 8 nitrogen and oxygen atoms in total. The standard InChI is InChI=1S/C27H31ClFN3O5/c1-15-16(5-4-6-18(29)20(15)28)13-30-12-7-17-19(23(30)34)22(33)25(36)32-21(17)24(35)31(14-26(37)10-11-26)27(32)8-2-3-9-27/h4-5,23,33-34,37H,2-3,6-14H2,1H3. The van der Waals surface area contributed by atoms with Gasteiger partial charge in [0.05, 0.1) is 17.2 Å². The van der Waals surface area contributed by atoms with Crippen LogP contribution in [0.15, 0.2) is 39.0 Å². The van der Waals surface area contributed by atoms with Crippen molar-refractivity contribution in [3.8, 4) is 5.75 Å². The molecule has 0 saturated heterocycles. The van der Waals surface area contributed by atoms with Crippen molar-refractivity contribution in [1.82, 2.24) is 14.4 Å². The van der Waals surface area contributed by atoms with Gasteiger partial charge >= 0.3 is 0 Å². The van der Waals surface area contributed by atoms with Gasteiger partial charge in [0.25, 0.3) is 11.5 Å². The predicted octanol–water partition coefficient (Wildman–Crippen LogP) is 3.31. The number of carbonyl (C=O) groups excluding carboxylic acids is 1. The molecule has 3 N–H and O–H groups in total. The second-order valence-corrected chi connectivity index (χ2v) is 11.5. The molecule has 2 aliphatic heterocycles. The van der Waals surface area contributed by atoms with Gasteiger partial charge in [-0.3, -0.25) is 19.1 Å². The highest BCUT2D eigenvalue weighted by Gasteiger charge is 2.57. The summed E-state index contributed by atoms with van der Waals surface area (Å²) in [7, 11) is 0. The number of hydrogen-bond acceptors (Lipinski definition) is 6. The van der Waals surface area contributed by atoms with Crippen LogP contribution in [0.4, 0.5) is 4.39 Å². The number of amides is 1. The summed E-state index contributed by atoms with van der Waals surface area (Å²) in [6.45, 7) is 2.45. The summed E-state index contributed by atoms with van der Waals surface area (Å²) in [5.74, 6) is -1.29. The Labute approximate surface area is 218 Å². The third-order valence-electron chi connectivity index (χ3n) is 8.84. The molecular weight excluding hydrogens is 501 g/mol. The number of aromatic hydroxyl groups is 1. The molecule has 10 heteroatoms. The minimum absolute atomic E-state index is 0.0516. The molecule has 3 aliphatic carbocycles. The summed E-state index contributed by atoms with van der Waals surface area (Å²) in [5, 5.41) is 33.2. The number of halogens is 2. The highest BCUT2D eigenvalue weighted by Crippen LogP contribution is 2.50. The molecule has 0 radical (unpaired) electrons. The smallest absolute Gasteiger partial charge is 0.295 e. The van der Waals surface area contributed by atoms with Crippen LogP contribution in [0.3, 0.4) is 0 Å². The number of rotatable bonds is 4. The summed E-state index contributed by atoms with van der Waals surface area (Å²) in [6.07, 6.45) is 6.60. The van der Waals surface area contributed by atoms with Crippen LogP contribution in [0, 0.1) is 0 Å². The van der Waals surface area contributed by atoms with Crippen LogP contribution in [0.25, 0.3) is 0 Å². The van der Waals surface area contributed by atoms with Crippen LogP contribution < -0.4 is 5.56 Å². The lowest BCUT2D eigenvalue weighted by atomic mass is 9.94. The van der Waals surface area contributed by atoms with Gasteiger partial charge < -0.3 is 20.2 Å². The van der Waals surface area contributed by atoms with Crippen LogP contribution in [-0.2, 0) is 12.1 Å². The maximum atomic E-state index is 14.1. The Kier molecular flexibility index (Phi) is 5.73. The fourth-order valence-corrected chi connectivity index (χ4v) is 6.75. The minimum atomic E-state index is -1.33. The summed E-state index contributed by atoms with van der Waals surface area (Å²) >= 11 is 6.18. The zero-order valence-corrected chi connectivity index (χ0v) is 21.5. The van der Waals surface area contributed by atoms with Crippen molar-refractivity contribution in [3.05, 3.63) is 61.3 Å². The highest BCUT2D eigenvalue weighted by molar-refractivity contribution is 6.32. The van der Waals surface area contributed by atoms with E-state index in [2.05, 4.69) is 0 Å². The highest BCUT2D eigenvalue weighted by atomic mass is 35.5. The molecule has 1 amide bonds. The van der Waals surface area contributed by atoms with Gasteiger partial charge in [-0.15, -0.1) is 0 Å². The van der Waals surface area contributed by atoms with Gasteiger partial charge in [0, 0.05) is 25.1 Å². The van der Waals surface area contributed by atoms with E-state index in [0.717, 1.165) is 18.4 Å². The zero-order valence-electron chi connectivity index (χ0n) is 20.8. The Bertz CT molecular complexity index is 1350. The first-order chi connectivity index (χ1) is 17.6. The van der Waals surface area contributed by atoms with Crippen LogP contribution in [0.2, 0.25) is 0 Å². The van der Waals surface area contributed by atoms with Gasteiger partial charge in [-0.25, -0.2) is 4.39 Å². The molecule has 3 heterocycles. The van der Waals surface area contributed by atoms with Gasteiger partial charge in [-0.05, 0) is 68.6 Å². The summed E-state index contributed by atoms with van der Waals surface area (Å²) in [5.41, 5.74) is -0.459. The van der Waals surface area contributed by atoms with Crippen LogP contribution in [-0.4, -0.2) is 60.8 Å². The Balaban J connectivity index is 1.42.